The molecular weight excluding hydrogens is 230 g/mol. The summed E-state index contributed by atoms with van der Waals surface area (Å²) in [4.78, 5) is 23.2. The van der Waals surface area contributed by atoms with Gasteiger partial charge in [0.25, 0.3) is 0 Å². The molecule has 1 fully saturated rings. The Labute approximate surface area is 106 Å². The van der Waals surface area contributed by atoms with Gasteiger partial charge in [-0.15, -0.1) is 0 Å². The number of hydrogen-bond donors (Lipinski definition) is 2. The lowest BCUT2D eigenvalue weighted by atomic mass is 9.94. The standard InChI is InChI=1S/C14H17NO3/c1-2-11(12(16)17)15-13(18)14(8-9-14)10-6-4-3-5-7-10/h3-7,11H,2,8-9H2,1H3,(H,15,18)(H,16,17)/t11-/m1/s1. The van der Waals surface area contributed by atoms with Gasteiger partial charge in [0, 0.05) is 0 Å². The van der Waals surface area contributed by atoms with Crippen molar-refractivity contribution in [2.75, 3.05) is 0 Å². The number of aliphatic carboxylic acids is 1. The van der Waals surface area contributed by atoms with Gasteiger partial charge in [-0.1, -0.05) is 37.3 Å². The maximum atomic E-state index is 12.2. The van der Waals surface area contributed by atoms with E-state index < -0.39 is 17.4 Å². The minimum atomic E-state index is -0.977. The summed E-state index contributed by atoms with van der Waals surface area (Å²) in [5.74, 6) is -1.14. The molecule has 0 radical (unpaired) electrons. The number of nitrogens with one attached hydrogen (secondary N) is 1. The highest BCUT2D eigenvalue weighted by atomic mass is 16.4. The van der Waals surface area contributed by atoms with E-state index in [4.69, 9.17) is 5.11 Å². The van der Waals surface area contributed by atoms with E-state index >= 15 is 0 Å². The monoisotopic (exact) mass is 247 g/mol. The largest absolute Gasteiger partial charge is 0.480 e. The summed E-state index contributed by atoms with van der Waals surface area (Å²) in [5, 5.41) is 11.6. The second-order valence-electron chi connectivity index (χ2n) is 4.72. The summed E-state index contributed by atoms with van der Waals surface area (Å²) in [5.41, 5.74) is 0.479. The molecule has 1 amide bonds. The Morgan fingerprint density at radius 2 is 1.94 bits per heavy atom. The van der Waals surface area contributed by atoms with Gasteiger partial charge in [0.1, 0.15) is 6.04 Å². The molecule has 1 aliphatic rings. The molecule has 4 nitrogen and oxygen atoms in total. The van der Waals surface area contributed by atoms with Crippen molar-refractivity contribution in [3.05, 3.63) is 35.9 Å². The van der Waals surface area contributed by atoms with E-state index in [-0.39, 0.29) is 5.91 Å². The van der Waals surface area contributed by atoms with E-state index in [0.29, 0.717) is 6.42 Å². The number of amides is 1. The Bertz CT molecular complexity index is 451. The normalized spacial score (nSPS) is 17.8. The molecule has 96 valence electrons. The lowest BCUT2D eigenvalue weighted by molar-refractivity contribution is -0.142. The molecular formula is C14H17NO3. The molecule has 0 aromatic heterocycles. The lowest BCUT2D eigenvalue weighted by Gasteiger charge is -2.19. The van der Waals surface area contributed by atoms with Gasteiger partial charge >= 0.3 is 5.97 Å². The van der Waals surface area contributed by atoms with Gasteiger partial charge in [-0.05, 0) is 24.8 Å². The SMILES string of the molecule is CC[C@@H](NC(=O)C1(c2ccccc2)CC1)C(=O)O. The minimum Gasteiger partial charge on any atom is -0.480 e. The summed E-state index contributed by atoms with van der Waals surface area (Å²) in [6.45, 7) is 1.75. The molecule has 1 saturated carbocycles. The molecule has 1 aromatic rings. The van der Waals surface area contributed by atoms with Crippen LogP contribution in [0.4, 0.5) is 0 Å². The van der Waals surface area contributed by atoms with Crippen LogP contribution in [0.15, 0.2) is 30.3 Å². The predicted octanol–water partition coefficient (Wildman–Crippen LogP) is 1.70. The van der Waals surface area contributed by atoms with Crippen LogP contribution in [-0.4, -0.2) is 23.0 Å². The molecule has 2 N–H and O–H groups in total. The van der Waals surface area contributed by atoms with Crippen LogP contribution in [0, 0.1) is 0 Å². The molecule has 0 heterocycles. The predicted molar refractivity (Wildman–Crippen MR) is 67.2 cm³/mol. The maximum Gasteiger partial charge on any atom is 0.326 e. The zero-order chi connectivity index (χ0) is 13.2. The molecule has 0 unspecified atom stereocenters. The fraction of sp³-hybridized carbons (Fsp3) is 0.429. The molecule has 0 aliphatic heterocycles. The molecule has 1 aromatic carbocycles. The van der Waals surface area contributed by atoms with E-state index in [0.717, 1.165) is 18.4 Å². The summed E-state index contributed by atoms with van der Waals surface area (Å²) in [7, 11) is 0. The molecule has 0 bridgehead atoms. The second-order valence-corrected chi connectivity index (χ2v) is 4.72. The van der Waals surface area contributed by atoms with E-state index in [1.165, 1.54) is 0 Å². The summed E-state index contributed by atoms with van der Waals surface area (Å²) in [6.07, 6.45) is 1.98. The summed E-state index contributed by atoms with van der Waals surface area (Å²) in [6, 6.07) is 8.76. The van der Waals surface area contributed by atoms with E-state index in [1.54, 1.807) is 6.92 Å². The van der Waals surface area contributed by atoms with Gasteiger partial charge in [0.05, 0.1) is 5.41 Å². The molecule has 1 aliphatic carbocycles. The first-order valence-electron chi connectivity index (χ1n) is 6.19. The molecule has 18 heavy (non-hydrogen) atoms. The van der Waals surface area contributed by atoms with Crippen LogP contribution in [0.3, 0.4) is 0 Å². The number of carboxylic acid groups (broad SMARTS) is 1. The van der Waals surface area contributed by atoms with Crippen molar-refractivity contribution in [3.63, 3.8) is 0 Å². The van der Waals surface area contributed by atoms with Gasteiger partial charge in [0.2, 0.25) is 5.91 Å². The number of hydrogen-bond acceptors (Lipinski definition) is 2. The first-order chi connectivity index (χ1) is 8.60. The van der Waals surface area contributed by atoms with Crippen molar-refractivity contribution in [1.29, 1.82) is 0 Å². The van der Waals surface area contributed by atoms with E-state index in [1.807, 2.05) is 30.3 Å². The van der Waals surface area contributed by atoms with Crippen LogP contribution in [-0.2, 0) is 15.0 Å². The number of carbonyl (C=O) groups is 2. The third-order valence-electron chi connectivity index (χ3n) is 3.52. The highest BCUT2D eigenvalue weighted by molar-refractivity contribution is 5.93. The third kappa shape index (κ3) is 2.23. The first kappa shape index (κ1) is 12.6. The van der Waals surface area contributed by atoms with Crippen molar-refractivity contribution in [1.82, 2.24) is 5.32 Å². The number of carboxylic acids is 1. The van der Waals surface area contributed by atoms with Crippen LogP contribution in [0.25, 0.3) is 0 Å². The Morgan fingerprint density at radius 1 is 1.33 bits per heavy atom. The molecule has 0 spiro atoms. The van der Waals surface area contributed by atoms with Gasteiger partial charge in [-0.25, -0.2) is 4.79 Å². The smallest absolute Gasteiger partial charge is 0.326 e. The summed E-state index contributed by atoms with van der Waals surface area (Å²) >= 11 is 0. The molecule has 1 atom stereocenters. The topological polar surface area (TPSA) is 66.4 Å². The van der Waals surface area contributed by atoms with Crippen molar-refractivity contribution >= 4 is 11.9 Å². The van der Waals surface area contributed by atoms with Gasteiger partial charge in [-0.2, -0.15) is 0 Å². The van der Waals surface area contributed by atoms with Gasteiger partial charge < -0.3 is 10.4 Å². The minimum absolute atomic E-state index is 0.164. The number of rotatable bonds is 5. The number of carbonyl (C=O) groups excluding carboxylic acids is 1. The molecule has 0 saturated heterocycles. The second kappa shape index (κ2) is 4.80. The fourth-order valence-corrected chi connectivity index (χ4v) is 2.16. The van der Waals surface area contributed by atoms with Gasteiger partial charge in [-0.3, -0.25) is 4.79 Å². The number of benzene rings is 1. The average Bonchev–Trinajstić information content (AvgIpc) is 3.18. The zero-order valence-corrected chi connectivity index (χ0v) is 10.3. The molecule has 4 heteroatoms. The highest BCUT2D eigenvalue weighted by Crippen LogP contribution is 2.48. The quantitative estimate of drug-likeness (QED) is 0.832. The highest BCUT2D eigenvalue weighted by Gasteiger charge is 2.51. The van der Waals surface area contributed by atoms with Crippen molar-refractivity contribution in [3.8, 4) is 0 Å². The van der Waals surface area contributed by atoms with Crippen molar-refractivity contribution < 1.29 is 14.7 Å². The fourth-order valence-electron chi connectivity index (χ4n) is 2.16. The first-order valence-corrected chi connectivity index (χ1v) is 6.19. The Balaban J connectivity index is 2.12. The van der Waals surface area contributed by atoms with Crippen LogP contribution in [0.1, 0.15) is 31.7 Å². The van der Waals surface area contributed by atoms with Crippen LogP contribution in [0.2, 0.25) is 0 Å². The Hall–Kier alpha value is -1.84. The van der Waals surface area contributed by atoms with E-state index in [9.17, 15) is 9.59 Å². The summed E-state index contributed by atoms with van der Waals surface area (Å²) < 4.78 is 0. The molecule has 2 rings (SSSR count). The van der Waals surface area contributed by atoms with Gasteiger partial charge in [0.15, 0.2) is 0 Å². The van der Waals surface area contributed by atoms with E-state index in [2.05, 4.69) is 5.32 Å². The Kier molecular flexibility index (Phi) is 3.36. The van der Waals surface area contributed by atoms with Crippen LogP contribution >= 0.6 is 0 Å². The van der Waals surface area contributed by atoms with Crippen molar-refractivity contribution in [2.24, 2.45) is 0 Å². The zero-order valence-electron chi connectivity index (χ0n) is 10.3. The maximum absolute atomic E-state index is 12.2. The Morgan fingerprint density at radius 3 is 2.39 bits per heavy atom. The third-order valence-corrected chi connectivity index (χ3v) is 3.52. The van der Waals surface area contributed by atoms with Crippen molar-refractivity contribution in [2.45, 2.75) is 37.6 Å². The van der Waals surface area contributed by atoms with Crippen LogP contribution < -0.4 is 5.32 Å². The van der Waals surface area contributed by atoms with Crippen LogP contribution in [0.5, 0.6) is 0 Å². The average molecular weight is 247 g/mol. The lowest BCUT2D eigenvalue weighted by Crippen LogP contribution is -2.45.